The van der Waals surface area contributed by atoms with Gasteiger partial charge in [0.1, 0.15) is 12.4 Å². The number of aliphatic carboxylic acids is 1. The molecular weight excluding hydrogens is 236 g/mol. The lowest BCUT2D eigenvalue weighted by molar-refractivity contribution is -0.671. The van der Waals surface area contributed by atoms with Crippen molar-refractivity contribution in [2.75, 3.05) is 20.3 Å². The first kappa shape index (κ1) is 16.6. The molecule has 0 bridgehead atoms. The van der Waals surface area contributed by atoms with Gasteiger partial charge in [-0.05, 0) is 13.8 Å². The van der Waals surface area contributed by atoms with Crippen molar-refractivity contribution in [2.24, 2.45) is 7.05 Å². The Kier molecular flexibility index (Phi) is 8.86. The molecule has 1 heterocycles. The largest absolute Gasteiger partial charge is 0.547 e. The van der Waals surface area contributed by atoms with Gasteiger partial charge in [0.25, 0.3) is 0 Å². The number of nitrogens with zero attached hydrogens (tertiary/aromatic N) is 2. The Morgan fingerprint density at radius 3 is 2.50 bits per heavy atom. The standard InChI is InChI=1S/C6H11N2.C6H12O4/c1-3-8-5-4-7(2)6-8;1-5(6(7)8)10-4-3-9-2/h4-6H,3H2,1-2H3;5H,3-4H2,1-2H3,(H,7,8)/q+1;/p-1. The summed E-state index contributed by atoms with van der Waals surface area (Å²) in [5.41, 5.74) is 0. The summed E-state index contributed by atoms with van der Waals surface area (Å²) >= 11 is 0. The minimum atomic E-state index is -1.20. The second-order valence-corrected chi connectivity index (χ2v) is 3.73. The first-order valence-corrected chi connectivity index (χ1v) is 5.83. The minimum Gasteiger partial charge on any atom is -0.547 e. The number of methoxy groups -OCH3 is 1. The van der Waals surface area contributed by atoms with E-state index in [2.05, 4.69) is 28.8 Å². The fourth-order valence-electron chi connectivity index (χ4n) is 1.07. The van der Waals surface area contributed by atoms with Crippen LogP contribution in [0.1, 0.15) is 13.8 Å². The molecule has 104 valence electrons. The highest BCUT2D eigenvalue weighted by Gasteiger charge is 2.00. The van der Waals surface area contributed by atoms with Crippen LogP contribution in [0.3, 0.4) is 0 Å². The predicted molar refractivity (Wildman–Crippen MR) is 63.6 cm³/mol. The molecule has 6 heteroatoms. The van der Waals surface area contributed by atoms with Crippen LogP contribution >= 0.6 is 0 Å². The molecule has 1 unspecified atom stereocenters. The number of carboxylic acid groups (broad SMARTS) is 1. The second-order valence-electron chi connectivity index (χ2n) is 3.73. The van der Waals surface area contributed by atoms with Crippen LogP contribution < -0.4 is 9.67 Å². The Bertz CT molecular complexity index is 339. The van der Waals surface area contributed by atoms with E-state index in [9.17, 15) is 9.90 Å². The van der Waals surface area contributed by atoms with Crippen molar-refractivity contribution in [1.29, 1.82) is 0 Å². The molecule has 0 aromatic carbocycles. The Hall–Kier alpha value is -1.40. The third kappa shape index (κ3) is 7.81. The third-order valence-corrected chi connectivity index (χ3v) is 2.18. The van der Waals surface area contributed by atoms with Crippen molar-refractivity contribution in [3.63, 3.8) is 0 Å². The van der Waals surface area contributed by atoms with Gasteiger partial charge in [-0.1, -0.05) is 0 Å². The van der Waals surface area contributed by atoms with E-state index in [0.29, 0.717) is 6.61 Å². The Morgan fingerprint density at radius 1 is 1.50 bits per heavy atom. The van der Waals surface area contributed by atoms with E-state index in [1.165, 1.54) is 14.0 Å². The Morgan fingerprint density at radius 2 is 2.17 bits per heavy atom. The van der Waals surface area contributed by atoms with E-state index >= 15 is 0 Å². The van der Waals surface area contributed by atoms with Crippen LogP contribution in [0.25, 0.3) is 0 Å². The summed E-state index contributed by atoms with van der Waals surface area (Å²) in [4.78, 5) is 10.0. The maximum Gasteiger partial charge on any atom is 0.243 e. The maximum absolute atomic E-state index is 10.0. The Labute approximate surface area is 108 Å². The fraction of sp³-hybridized carbons (Fsp3) is 0.667. The summed E-state index contributed by atoms with van der Waals surface area (Å²) in [7, 11) is 3.54. The molecule has 1 rings (SSSR count). The van der Waals surface area contributed by atoms with Gasteiger partial charge in [0, 0.05) is 7.11 Å². The lowest BCUT2D eigenvalue weighted by Gasteiger charge is -2.12. The molecule has 0 aliphatic rings. The fourth-order valence-corrected chi connectivity index (χ4v) is 1.07. The number of hydrogen-bond donors (Lipinski definition) is 0. The highest BCUT2D eigenvalue weighted by atomic mass is 16.5. The number of ether oxygens (including phenoxy) is 2. The summed E-state index contributed by atoms with van der Waals surface area (Å²) < 4.78 is 13.5. The molecule has 0 aliphatic heterocycles. The van der Waals surface area contributed by atoms with Gasteiger partial charge in [0.2, 0.25) is 6.33 Å². The van der Waals surface area contributed by atoms with Crippen LogP contribution in [0.15, 0.2) is 18.7 Å². The van der Waals surface area contributed by atoms with Gasteiger partial charge in [0.15, 0.2) is 0 Å². The summed E-state index contributed by atoms with van der Waals surface area (Å²) in [5, 5.41) is 10.0. The SMILES string of the molecule is CCn1cc[n+](C)c1.COCCOC(C)C(=O)[O-]. The molecule has 0 fully saturated rings. The summed E-state index contributed by atoms with van der Waals surface area (Å²) in [6.45, 7) is 5.29. The van der Waals surface area contributed by atoms with E-state index in [4.69, 9.17) is 4.74 Å². The molecule has 0 N–H and O–H groups in total. The van der Waals surface area contributed by atoms with Crippen LogP contribution in [0, 0.1) is 0 Å². The molecule has 1 aromatic heterocycles. The number of aryl methyl sites for hydroxylation is 2. The first-order valence-electron chi connectivity index (χ1n) is 5.83. The van der Waals surface area contributed by atoms with Crippen molar-refractivity contribution < 1.29 is 23.9 Å². The topological polar surface area (TPSA) is 67.4 Å². The van der Waals surface area contributed by atoms with E-state index in [1.807, 2.05) is 17.8 Å². The van der Waals surface area contributed by atoms with Crippen LogP contribution in [0.4, 0.5) is 0 Å². The zero-order valence-electron chi connectivity index (χ0n) is 11.5. The van der Waals surface area contributed by atoms with Gasteiger partial charge in [0.05, 0.1) is 38.9 Å². The van der Waals surface area contributed by atoms with Gasteiger partial charge in [-0.15, -0.1) is 0 Å². The monoisotopic (exact) mass is 258 g/mol. The zero-order valence-corrected chi connectivity index (χ0v) is 11.5. The highest BCUT2D eigenvalue weighted by molar-refractivity contribution is 5.69. The normalized spacial score (nSPS) is 11.6. The molecule has 0 aliphatic carbocycles. The number of rotatable bonds is 6. The van der Waals surface area contributed by atoms with E-state index in [-0.39, 0.29) is 6.61 Å². The molecule has 6 nitrogen and oxygen atoms in total. The summed E-state index contributed by atoms with van der Waals surface area (Å²) in [5.74, 6) is -1.20. The molecule has 1 aromatic rings. The predicted octanol–water partition coefficient (Wildman–Crippen LogP) is -0.880. The maximum atomic E-state index is 10.0. The number of carboxylic acids is 1. The van der Waals surface area contributed by atoms with Crippen molar-refractivity contribution in [1.82, 2.24) is 4.57 Å². The number of imidazole rings is 1. The van der Waals surface area contributed by atoms with Crippen LogP contribution in [0.5, 0.6) is 0 Å². The molecule has 0 spiro atoms. The molecular formula is C12H22N2O4. The van der Waals surface area contributed by atoms with E-state index < -0.39 is 12.1 Å². The lowest BCUT2D eigenvalue weighted by Crippen LogP contribution is -2.35. The number of carbonyl (C=O) groups is 1. The summed E-state index contributed by atoms with van der Waals surface area (Å²) in [6.07, 6.45) is 5.29. The van der Waals surface area contributed by atoms with Gasteiger partial charge >= 0.3 is 0 Å². The molecule has 0 saturated heterocycles. The Balaban J connectivity index is 0.000000327. The van der Waals surface area contributed by atoms with Crippen LogP contribution in [-0.2, 0) is 27.9 Å². The second kappa shape index (κ2) is 9.61. The van der Waals surface area contributed by atoms with Gasteiger partial charge in [-0.2, -0.15) is 0 Å². The zero-order chi connectivity index (χ0) is 14.0. The first-order chi connectivity index (χ1) is 8.51. The minimum absolute atomic E-state index is 0.283. The van der Waals surface area contributed by atoms with Crippen LogP contribution in [0.2, 0.25) is 0 Å². The van der Waals surface area contributed by atoms with Crippen molar-refractivity contribution in [3.05, 3.63) is 18.7 Å². The molecule has 0 saturated carbocycles. The van der Waals surface area contributed by atoms with Gasteiger partial charge in [-0.3, -0.25) is 0 Å². The summed E-state index contributed by atoms with van der Waals surface area (Å²) in [6, 6.07) is 0. The van der Waals surface area contributed by atoms with Gasteiger partial charge in [-0.25, -0.2) is 9.13 Å². The molecule has 1 atom stereocenters. The smallest absolute Gasteiger partial charge is 0.243 e. The number of hydrogen-bond acceptors (Lipinski definition) is 4. The average Bonchev–Trinajstić information content (AvgIpc) is 2.76. The van der Waals surface area contributed by atoms with Crippen molar-refractivity contribution in [3.8, 4) is 0 Å². The van der Waals surface area contributed by atoms with E-state index in [1.54, 1.807) is 0 Å². The van der Waals surface area contributed by atoms with Crippen molar-refractivity contribution in [2.45, 2.75) is 26.5 Å². The van der Waals surface area contributed by atoms with Crippen LogP contribution in [-0.4, -0.2) is 37.0 Å². The van der Waals surface area contributed by atoms with Gasteiger partial charge < -0.3 is 19.4 Å². The third-order valence-electron chi connectivity index (χ3n) is 2.18. The lowest BCUT2D eigenvalue weighted by atomic mass is 10.4. The highest BCUT2D eigenvalue weighted by Crippen LogP contribution is 1.87. The quantitative estimate of drug-likeness (QED) is 0.491. The molecule has 18 heavy (non-hydrogen) atoms. The molecule has 0 amide bonds. The number of carbonyl (C=O) groups excluding carboxylic acids is 1. The average molecular weight is 258 g/mol. The molecule has 0 radical (unpaired) electrons. The van der Waals surface area contributed by atoms with E-state index in [0.717, 1.165) is 6.54 Å². The van der Waals surface area contributed by atoms with Crippen molar-refractivity contribution >= 4 is 5.97 Å². The number of aromatic nitrogens is 2.